The molecule has 0 amide bonds. The van der Waals surface area contributed by atoms with E-state index < -0.39 is 15.8 Å². The van der Waals surface area contributed by atoms with Crippen LogP contribution in [0, 0.1) is 5.82 Å². The highest BCUT2D eigenvalue weighted by atomic mass is 35.5. The lowest BCUT2D eigenvalue weighted by Crippen LogP contribution is -2.15. The zero-order valence-corrected chi connectivity index (χ0v) is 12.2. The van der Waals surface area contributed by atoms with Gasteiger partial charge in [-0.15, -0.1) is 0 Å². The molecular weight excluding hydrogens is 326 g/mol. The minimum Gasteiger partial charge on any atom is -0.397 e. The van der Waals surface area contributed by atoms with Gasteiger partial charge in [0.15, 0.2) is 0 Å². The van der Waals surface area contributed by atoms with Crippen LogP contribution in [0.3, 0.4) is 0 Å². The molecule has 0 aromatic heterocycles. The van der Waals surface area contributed by atoms with Crippen molar-refractivity contribution in [3.8, 4) is 0 Å². The normalized spacial score (nSPS) is 11.3. The van der Waals surface area contributed by atoms with E-state index >= 15 is 0 Å². The minimum atomic E-state index is -4.04. The summed E-state index contributed by atoms with van der Waals surface area (Å²) < 4.78 is 40.0. The van der Waals surface area contributed by atoms with Crippen LogP contribution in [0.4, 0.5) is 15.8 Å². The fourth-order valence-corrected chi connectivity index (χ4v) is 3.35. The summed E-state index contributed by atoms with van der Waals surface area (Å²) in [6, 6.07) is 7.64. The fraction of sp³-hybridized carbons (Fsp3) is 0. The van der Waals surface area contributed by atoms with Crippen LogP contribution in [0.2, 0.25) is 10.0 Å². The summed E-state index contributed by atoms with van der Waals surface area (Å²) in [6.07, 6.45) is 0. The topological polar surface area (TPSA) is 72.2 Å². The first kappa shape index (κ1) is 14.9. The van der Waals surface area contributed by atoms with Crippen molar-refractivity contribution in [1.82, 2.24) is 0 Å². The van der Waals surface area contributed by atoms with Gasteiger partial charge in [-0.1, -0.05) is 29.3 Å². The van der Waals surface area contributed by atoms with E-state index in [4.69, 9.17) is 28.9 Å². The number of para-hydroxylation sites is 1. The summed E-state index contributed by atoms with van der Waals surface area (Å²) in [7, 11) is -4.04. The van der Waals surface area contributed by atoms with Gasteiger partial charge in [0.25, 0.3) is 10.0 Å². The number of halogens is 3. The van der Waals surface area contributed by atoms with Crippen molar-refractivity contribution in [1.29, 1.82) is 0 Å². The van der Waals surface area contributed by atoms with E-state index in [9.17, 15) is 12.8 Å². The molecule has 20 heavy (non-hydrogen) atoms. The third-order valence-corrected chi connectivity index (χ3v) is 4.19. The van der Waals surface area contributed by atoms with E-state index in [1.54, 1.807) is 0 Å². The Bertz CT molecular complexity index is 726. The molecule has 0 heterocycles. The number of anilines is 2. The first-order chi connectivity index (χ1) is 9.29. The second-order valence-corrected chi connectivity index (χ2v) is 6.47. The summed E-state index contributed by atoms with van der Waals surface area (Å²) >= 11 is 11.5. The maximum absolute atomic E-state index is 13.6. The molecule has 0 atom stereocenters. The van der Waals surface area contributed by atoms with Gasteiger partial charge in [0.2, 0.25) is 0 Å². The standard InChI is InChI=1S/C12H9Cl2FN2O2S/c13-7-4-8(14)6-9(5-7)20(18,19)17-12-10(15)2-1-3-11(12)16/h1-6,17H,16H2. The van der Waals surface area contributed by atoms with Crippen LogP contribution in [-0.2, 0) is 10.0 Å². The van der Waals surface area contributed by atoms with Crippen molar-refractivity contribution in [2.75, 3.05) is 10.5 Å². The van der Waals surface area contributed by atoms with Crippen LogP contribution in [0.5, 0.6) is 0 Å². The molecule has 0 aliphatic rings. The van der Waals surface area contributed by atoms with Crippen LogP contribution in [0.1, 0.15) is 0 Å². The van der Waals surface area contributed by atoms with E-state index in [-0.39, 0.29) is 26.3 Å². The third kappa shape index (κ3) is 3.15. The van der Waals surface area contributed by atoms with Crippen molar-refractivity contribution in [2.45, 2.75) is 4.90 Å². The van der Waals surface area contributed by atoms with Crippen LogP contribution >= 0.6 is 23.2 Å². The average molecular weight is 335 g/mol. The molecule has 3 N–H and O–H groups in total. The van der Waals surface area contributed by atoms with Gasteiger partial charge in [-0.2, -0.15) is 0 Å². The van der Waals surface area contributed by atoms with Crippen LogP contribution < -0.4 is 10.5 Å². The lowest BCUT2D eigenvalue weighted by atomic mass is 10.3. The van der Waals surface area contributed by atoms with Gasteiger partial charge in [0.05, 0.1) is 10.6 Å². The number of hydrogen-bond donors (Lipinski definition) is 2. The van der Waals surface area contributed by atoms with Gasteiger partial charge in [-0.3, -0.25) is 4.72 Å². The Morgan fingerprint density at radius 2 is 1.70 bits per heavy atom. The molecule has 2 aromatic rings. The molecule has 0 unspecified atom stereocenters. The quantitative estimate of drug-likeness (QED) is 0.843. The molecule has 8 heteroatoms. The number of hydrogen-bond acceptors (Lipinski definition) is 3. The smallest absolute Gasteiger partial charge is 0.262 e. The zero-order valence-electron chi connectivity index (χ0n) is 9.90. The molecule has 0 aliphatic heterocycles. The van der Waals surface area contributed by atoms with Crippen LogP contribution in [-0.4, -0.2) is 8.42 Å². The van der Waals surface area contributed by atoms with E-state index in [2.05, 4.69) is 4.72 Å². The van der Waals surface area contributed by atoms with Gasteiger partial charge in [-0.05, 0) is 30.3 Å². The zero-order chi connectivity index (χ0) is 14.9. The molecule has 0 aliphatic carbocycles. The Kier molecular flexibility index (Phi) is 4.08. The monoisotopic (exact) mass is 334 g/mol. The van der Waals surface area contributed by atoms with E-state index in [1.807, 2.05) is 0 Å². The van der Waals surface area contributed by atoms with Crippen LogP contribution in [0.25, 0.3) is 0 Å². The van der Waals surface area contributed by atoms with Crippen LogP contribution in [0.15, 0.2) is 41.3 Å². The second-order valence-electron chi connectivity index (χ2n) is 3.91. The Hall–Kier alpha value is -1.50. The molecular formula is C12H9Cl2FN2O2S. The number of nitrogens with two attached hydrogens (primary N) is 1. The highest BCUT2D eigenvalue weighted by molar-refractivity contribution is 7.92. The number of rotatable bonds is 3. The SMILES string of the molecule is Nc1cccc(F)c1NS(=O)(=O)c1cc(Cl)cc(Cl)c1. The summed E-state index contributed by atoms with van der Waals surface area (Å²) in [6.45, 7) is 0. The van der Waals surface area contributed by atoms with Gasteiger partial charge < -0.3 is 5.73 Å². The van der Waals surface area contributed by atoms with E-state index in [1.165, 1.54) is 30.3 Å². The van der Waals surface area contributed by atoms with Gasteiger partial charge in [0, 0.05) is 10.0 Å². The largest absolute Gasteiger partial charge is 0.397 e. The van der Waals surface area contributed by atoms with Crippen molar-refractivity contribution in [3.05, 3.63) is 52.3 Å². The highest BCUT2D eigenvalue weighted by Gasteiger charge is 2.19. The molecule has 2 rings (SSSR count). The summed E-state index contributed by atoms with van der Waals surface area (Å²) in [5.41, 5.74) is 5.21. The van der Waals surface area contributed by atoms with Gasteiger partial charge in [-0.25, -0.2) is 12.8 Å². The predicted molar refractivity (Wildman–Crippen MR) is 78.1 cm³/mol. The first-order valence-electron chi connectivity index (χ1n) is 5.32. The van der Waals surface area contributed by atoms with Gasteiger partial charge in [0.1, 0.15) is 11.5 Å². The lowest BCUT2D eigenvalue weighted by molar-refractivity contribution is 0.598. The van der Waals surface area contributed by atoms with Crippen molar-refractivity contribution in [3.63, 3.8) is 0 Å². The number of nitrogens with one attached hydrogen (secondary N) is 1. The molecule has 4 nitrogen and oxygen atoms in total. The molecule has 0 radical (unpaired) electrons. The number of benzene rings is 2. The van der Waals surface area contributed by atoms with Gasteiger partial charge >= 0.3 is 0 Å². The highest BCUT2D eigenvalue weighted by Crippen LogP contribution is 2.27. The second kappa shape index (κ2) is 5.47. The number of nitrogen functional groups attached to an aromatic ring is 1. The first-order valence-corrected chi connectivity index (χ1v) is 7.56. The third-order valence-electron chi connectivity index (χ3n) is 2.43. The summed E-state index contributed by atoms with van der Waals surface area (Å²) in [4.78, 5) is -0.183. The maximum atomic E-state index is 13.6. The fourth-order valence-electron chi connectivity index (χ4n) is 1.53. The Labute approximate surface area is 125 Å². The molecule has 0 spiro atoms. The maximum Gasteiger partial charge on any atom is 0.262 e. The molecule has 0 bridgehead atoms. The van der Waals surface area contributed by atoms with Crippen molar-refractivity contribution in [2.24, 2.45) is 0 Å². The van der Waals surface area contributed by atoms with Crippen molar-refractivity contribution < 1.29 is 12.8 Å². The van der Waals surface area contributed by atoms with E-state index in [0.29, 0.717) is 0 Å². The Morgan fingerprint density at radius 3 is 2.25 bits per heavy atom. The lowest BCUT2D eigenvalue weighted by Gasteiger charge is -2.11. The van der Waals surface area contributed by atoms with Crippen molar-refractivity contribution >= 4 is 44.6 Å². The summed E-state index contributed by atoms with van der Waals surface area (Å²) in [5, 5.41) is 0.304. The molecule has 0 saturated carbocycles. The predicted octanol–water partition coefficient (Wildman–Crippen LogP) is 3.52. The molecule has 0 fully saturated rings. The van der Waals surface area contributed by atoms with E-state index in [0.717, 1.165) is 6.07 Å². The minimum absolute atomic E-state index is 0.0262. The molecule has 0 saturated heterocycles. The molecule has 106 valence electrons. The molecule has 2 aromatic carbocycles. The summed E-state index contributed by atoms with van der Waals surface area (Å²) in [5.74, 6) is -0.776. The Balaban J connectivity index is 2.46. The Morgan fingerprint density at radius 1 is 1.10 bits per heavy atom. The number of sulfonamides is 1. The average Bonchev–Trinajstić information content (AvgIpc) is 2.33.